The van der Waals surface area contributed by atoms with Crippen LogP contribution in [0.25, 0.3) is 0 Å². The molecule has 0 saturated carbocycles. The standard InChI is InChI=1S/C22H43Cl3OSi/c1-2-3-4-5-6-7-8-9-10-11-12-13-14-15-16-17-20-27(25)21-18-19-22(23,24)26-27/h2-21H2,1H3. The summed E-state index contributed by atoms with van der Waals surface area (Å²) in [6, 6.07) is 1.99. The van der Waals surface area contributed by atoms with E-state index in [0.29, 0.717) is 6.42 Å². The Morgan fingerprint density at radius 1 is 0.704 bits per heavy atom. The quantitative estimate of drug-likeness (QED) is 0.0913. The van der Waals surface area contributed by atoms with Crippen LogP contribution in [0.1, 0.15) is 122 Å². The first-order valence-corrected chi connectivity index (χ1v) is 15.8. The summed E-state index contributed by atoms with van der Waals surface area (Å²) in [5, 5.41) is 0. The predicted molar refractivity (Wildman–Crippen MR) is 126 cm³/mol. The molecule has 1 nitrogen and oxygen atoms in total. The molecule has 1 saturated heterocycles. The summed E-state index contributed by atoms with van der Waals surface area (Å²) in [4.78, 5) is 0. The highest BCUT2D eigenvalue weighted by molar-refractivity contribution is 7.17. The lowest BCUT2D eigenvalue weighted by molar-refractivity contribution is 0.201. The SMILES string of the molecule is CCCCCCCCCCCCCCCCCC[Si]1(Cl)CCCC(Cl)(Cl)O1. The molecule has 1 aliphatic rings. The predicted octanol–water partition coefficient (Wildman–Crippen LogP) is 9.87. The van der Waals surface area contributed by atoms with Gasteiger partial charge in [-0.05, 0) is 18.5 Å². The van der Waals surface area contributed by atoms with E-state index in [4.69, 9.17) is 38.7 Å². The Hall–Kier alpha value is 1.05. The molecule has 1 rings (SSSR count). The number of unbranched alkanes of at least 4 members (excludes halogenated alkanes) is 15. The van der Waals surface area contributed by atoms with E-state index < -0.39 is 12.1 Å². The van der Waals surface area contributed by atoms with E-state index in [-0.39, 0.29) is 0 Å². The third kappa shape index (κ3) is 14.6. The van der Waals surface area contributed by atoms with Crippen LogP contribution in [0.4, 0.5) is 0 Å². The molecule has 5 heteroatoms. The molecule has 27 heavy (non-hydrogen) atoms. The zero-order chi connectivity index (χ0) is 19.8. The van der Waals surface area contributed by atoms with Crippen molar-refractivity contribution in [2.75, 3.05) is 0 Å². The molecule has 1 aliphatic heterocycles. The maximum Gasteiger partial charge on any atom is 0.293 e. The summed E-state index contributed by atoms with van der Waals surface area (Å²) in [7, 11) is -2.17. The Kier molecular flexibility index (Phi) is 15.3. The number of alkyl halides is 2. The fourth-order valence-corrected chi connectivity index (χ4v) is 9.20. The Morgan fingerprint density at radius 3 is 1.52 bits per heavy atom. The molecule has 1 heterocycles. The monoisotopic (exact) mass is 456 g/mol. The van der Waals surface area contributed by atoms with Crippen molar-refractivity contribution in [3.8, 4) is 0 Å². The maximum atomic E-state index is 6.67. The van der Waals surface area contributed by atoms with Gasteiger partial charge < -0.3 is 4.43 Å². The van der Waals surface area contributed by atoms with E-state index in [9.17, 15) is 0 Å². The molecule has 0 aliphatic carbocycles. The van der Waals surface area contributed by atoms with Gasteiger partial charge in [-0.1, -0.05) is 133 Å². The normalized spacial score (nSPS) is 22.2. The van der Waals surface area contributed by atoms with E-state index in [1.165, 1.54) is 96.3 Å². The van der Waals surface area contributed by atoms with E-state index >= 15 is 0 Å². The van der Waals surface area contributed by atoms with Crippen LogP contribution in [0, 0.1) is 0 Å². The maximum absolute atomic E-state index is 6.67. The number of halogens is 3. The zero-order valence-corrected chi connectivity index (χ0v) is 21.0. The van der Waals surface area contributed by atoms with E-state index in [1.807, 2.05) is 0 Å². The molecule has 0 aromatic rings. The highest BCUT2D eigenvalue weighted by Crippen LogP contribution is 2.43. The molecule has 0 aromatic carbocycles. The first kappa shape index (κ1) is 26.1. The van der Waals surface area contributed by atoms with E-state index in [2.05, 4.69) is 6.92 Å². The van der Waals surface area contributed by atoms with E-state index in [0.717, 1.165) is 24.9 Å². The molecular weight excluding hydrogens is 415 g/mol. The highest BCUT2D eigenvalue weighted by atomic mass is 35.6. The summed E-state index contributed by atoms with van der Waals surface area (Å²) >= 11 is 18.9. The minimum Gasteiger partial charge on any atom is -0.372 e. The van der Waals surface area contributed by atoms with Gasteiger partial charge in [0.05, 0.1) is 0 Å². The van der Waals surface area contributed by atoms with Crippen LogP contribution in [-0.2, 0) is 4.43 Å². The minimum absolute atomic E-state index is 0.705. The van der Waals surface area contributed by atoms with Crippen molar-refractivity contribution in [1.82, 2.24) is 0 Å². The molecule has 0 bridgehead atoms. The second kappa shape index (κ2) is 15.8. The van der Waals surface area contributed by atoms with Gasteiger partial charge >= 0.3 is 0 Å². The van der Waals surface area contributed by atoms with Gasteiger partial charge in [-0.15, -0.1) is 11.1 Å². The Balaban J connectivity index is 1.80. The number of rotatable bonds is 17. The summed E-state index contributed by atoms with van der Waals surface area (Å²) < 4.78 is 4.79. The van der Waals surface area contributed by atoms with Crippen molar-refractivity contribution in [2.24, 2.45) is 0 Å². The van der Waals surface area contributed by atoms with Gasteiger partial charge in [0.2, 0.25) is 4.52 Å². The smallest absolute Gasteiger partial charge is 0.293 e. The van der Waals surface area contributed by atoms with Crippen LogP contribution in [0.2, 0.25) is 12.1 Å². The topological polar surface area (TPSA) is 9.23 Å². The van der Waals surface area contributed by atoms with Crippen LogP contribution in [-0.4, -0.2) is 12.1 Å². The van der Waals surface area contributed by atoms with Crippen molar-refractivity contribution < 1.29 is 4.43 Å². The number of hydrogen-bond acceptors (Lipinski definition) is 1. The molecule has 0 N–H and O–H groups in total. The average molecular weight is 458 g/mol. The lowest BCUT2D eigenvalue weighted by Gasteiger charge is -2.36. The second-order valence-corrected chi connectivity index (χ2v) is 15.0. The van der Waals surface area contributed by atoms with Crippen molar-refractivity contribution in [3.63, 3.8) is 0 Å². The molecule has 0 spiro atoms. The highest BCUT2D eigenvalue weighted by Gasteiger charge is 2.44. The summed E-state index contributed by atoms with van der Waals surface area (Å²) in [6.45, 7) is 2.29. The number of hydrogen-bond donors (Lipinski definition) is 0. The van der Waals surface area contributed by atoms with Crippen LogP contribution < -0.4 is 0 Å². The molecule has 0 radical (unpaired) electrons. The zero-order valence-electron chi connectivity index (χ0n) is 17.7. The molecular formula is C22H43Cl3OSi. The molecule has 1 fully saturated rings. The fourth-order valence-electron chi connectivity index (χ4n) is 4.04. The minimum atomic E-state index is -2.17. The Morgan fingerprint density at radius 2 is 1.11 bits per heavy atom. The van der Waals surface area contributed by atoms with Crippen molar-refractivity contribution in [3.05, 3.63) is 0 Å². The Labute approximate surface area is 185 Å². The summed E-state index contributed by atoms with van der Waals surface area (Å²) in [5.74, 6) is 0. The van der Waals surface area contributed by atoms with Gasteiger partial charge in [-0.2, -0.15) is 0 Å². The molecule has 1 atom stereocenters. The first-order chi connectivity index (χ1) is 13.0. The lowest BCUT2D eigenvalue weighted by atomic mass is 10.0. The van der Waals surface area contributed by atoms with Crippen LogP contribution in [0.5, 0.6) is 0 Å². The average Bonchev–Trinajstić information content (AvgIpc) is 2.60. The summed E-state index contributed by atoms with van der Waals surface area (Å²) in [6.07, 6.45) is 24.0. The van der Waals surface area contributed by atoms with Gasteiger partial charge in [-0.3, -0.25) is 0 Å². The van der Waals surface area contributed by atoms with Crippen molar-refractivity contribution in [1.29, 1.82) is 0 Å². The Bertz CT molecular complexity index is 354. The van der Waals surface area contributed by atoms with Crippen LogP contribution in [0.15, 0.2) is 0 Å². The van der Waals surface area contributed by atoms with Gasteiger partial charge in [0.25, 0.3) is 7.63 Å². The van der Waals surface area contributed by atoms with Gasteiger partial charge in [0.1, 0.15) is 0 Å². The van der Waals surface area contributed by atoms with Gasteiger partial charge in [0.15, 0.2) is 0 Å². The van der Waals surface area contributed by atoms with Gasteiger partial charge in [-0.25, -0.2) is 0 Å². The lowest BCUT2D eigenvalue weighted by Crippen LogP contribution is -2.42. The van der Waals surface area contributed by atoms with Crippen LogP contribution in [0.3, 0.4) is 0 Å². The van der Waals surface area contributed by atoms with Crippen molar-refractivity contribution in [2.45, 2.75) is 139 Å². The second-order valence-electron chi connectivity index (χ2n) is 8.53. The fraction of sp³-hybridized carbons (Fsp3) is 1.00. The third-order valence-electron chi connectivity index (χ3n) is 5.75. The van der Waals surface area contributed by atoms with Crippen molar-refractivity contribution >= 4 is 41.9 Å². The molecule has 162 valence electrons. The summed E-state index contributed by atoms with van der Waals surface area (Å²) in [5.41, 5.74) is 0. The van der Waals surface area contributed by atoms with Gasteiger partial charge in [0, 0.05) is 6.42 Å². The molecule has 0 amide bonds. The largest absolute Gasteiger partial charge is 0.372 e. The molecule has 1 unspecified atom stereocenters. The third-order valence-corrected chi connectivity index (χ3v) is 10.8. The van der Waals surface area contributed by atoms with Crippen LogP contribution >= 0.6 is 34.3 Å². The van der Waals surface area contributed by atoms with E-state index in [1.54, 1.807) is 0 Å². The molecule has 0 aromatic heterocycles. The first-order valence-electron chi connectivity index (χ1n) is 11.7.